The molecular formula is C19H27N5O. The smallest absolute Gasteiger partial charge is 0.270 e. The maximum atomic E-state index is 12.2. The topological polar surface area (TPSA) is 70.2 Å². The zero-order valence-electron chi connectivity index (χ0n) is 15.6. The van der Waals surface area contributed by atoms with Crippen LogP contribution in [0, 0.1) is 6.92 Å². The molecule has 2 aromatic rings. The SMILES string of the molecule is CCN(CC)c1ccc(Nc2cc(C(=O)NC(C)C)nc(C)n2)cc1. The van der Waals surface area contributed by atoms with Crippen LogP contribution in [-0.2, 0) is 0 Å². The Kier molecular flexibility index (Phi) is 6.33. The van der Waals surface area contributed by atoms with Crippen LogP contribution in [-0.4, -0.2) is 35.0 Å². The largest absolute Gasteiger partial charge is 0.372 e. The van der Waals surface area contributed by atoms with Crippen LogP contribution in [0.5, 0.6) is 0 Å². The number of carbonyl (C=O) groups excluding carboxylic acids is 1. The minimum Gasteiger partial charge on any atom is -0.372 e. The van der Waals surface area contributed by atoms with Crippen molar-refractivity contribution in [1.82, 2.24) is 15.3 Å². The first-order chi connectivity index (χ1) is 11.9. The van der Waals surface area contributed by atoms with Gasteiger partial charge in [-0.1, -0.05) is 0 Å². The summed E-state index contributed by atoms with van der Waals surface area (Å²) in [5, 5.41) is 6.09. The van der Waals surface area contributed by atoms with Gasteiger partial charge in [0.05, 0.1) is 0 Å². The maximum absolute atomic E-state index is 12.2. The zero-order valence-corrected chi connectivity index (χ0v) is 15.6. The highest BCUT2D eigenvalue weighted by atomic mass is 16.1. The second-order valence-corrected chi connectivity index (χ2v) is 6.16. The van der Waals surface area contributed by atoms with Gasteiger partial charge in [-0.15, -0.1) is 0 Å². The van der Waals surface area contributed by atoms with E-state index in [1.165, 1.54) is 5.69 Å². The average Bonchev–Trinajstić information content (AvgIpc) is 2.56. The monoisotopic (exact) mass is 341 g/mol. The number of carbonyl (C=O) groups is 1. The molecule has 0 fully saturated rings. The summed E-state index contributed by atoms with van der Waals surface area (Å²) in [6, 6.07) is 9.92. The van der Waals surface area contributed by atoms with Gasteiger partial charge in [-0.2, -0.15) is 0 Å². The van der Waals surface area contributed by atoms with E-state index in [1.807, 2.05) is 26.0 Å². The summed E-state index contributed by atoms with van der Waals surface area (Å²) >= 11 is 0. The van der Waals surface area contributed by atoms with Gasteiger partial charge >= 0.3 is 0 Å². The number of aryl methyl sites for hydroxylation is 1. The lowest BCUT2D eigenvalue weighted by molar-refractivity contribution is 0.0937. The summed E-state index contributed by atoms with van der Waals surface area (Å²) < 4.78 is 0. The zero-order chi connectivity index (χ0) is 18.4. The molecule has 0 aliphatic rings. The molecule has 1 heterocycles. The quantitative estimate of drug-likeness (QED) is 0.806. The van der Waals surface area contributed by atoms with Crippen LogP contribution in [0.25, 0.3) is 0 Å². The molecule has 0 unspecified atom stereocenters. The summed E-state index contributed by atoms with van der Waals surface area (Å²) in [4.78, 5) is 23.0. The van der Waals surface area contributed by atoms with Crippen LogP contribution < -0.4 is 15.5 Å². The molecule has 6 nitrogen and oxygen atoms in total. The van der Waals surface area contributed by atoms with Crippen molar-refractivity contribution in [3.63, 3.8) is 0 Å². The van der Waals surface area contributed by atoms with E-state index >= 15 is 0 Å². The maximum Gasteiger partial charge on any atom is 0.270 e. The van der Waals surface area contributed by atoms with Crippen molar-refractivity contribution in [2.75, 3.05) is 23.3 Å². The van der Waals surface area contributed by atoms with Crippen molar-refractivity contribution >= 4 is 23.1 Å². The van der Waals surface area contributed by atoms with E-state index in [9.17, 15) is 4.79 Å². The van der Waals surface area contributed by atoms with E-state index in [1.54, 1.807) is 13.0 Å². The normalized spacial score (nSPS) is 10.6. The predicted molar refractivity (Wildman–Crippen MR) is 103 cm³/mol. The van der Waals surface area contributed by atoms with E-state index in [2.05, 4.69) is 51.5 Å². The number of hydrogen-bond acceptors (Lipinski definition) is 5. The third kappa shape index (κ3) is 5.17. The highest BCUT2D eigenvalue weighted by molar-refractivity contribution is 5.93. The van der Waals surface area contributed by atoms with Gasteiger partial charge in [-0.3, -0.25) is 4.79 Å². The first-order valence-corrected chi connectivity index (χ1v) is 8.71. The lowest BCUT2D eigenvalue weighted by atomic mass is 10.2. The lowest BCUT2D eigenvalue weighted by Gasteiger charge is -2.21. The van der Waals surface area contributed by atoms with Crippen LogP contribution in [0.3, 0.4) is 0 Å². The van der Waals surface area contributed by atoms with E-state index in [0.29, 0.717) is 17.3 Å². The number of benzene rings is 1. The third-order valence-electron chi connectivity index (χ3n) is 3.76. The second kappa shape index (κ2) is 8.46. The standard InChI is InChI=1S/C19H27N5O/c1-6-24(7-2)16-10-8-15(9-11-16)23-18-12-17(21-14(5)22-18)19(25)20-13(3)4/h8-13H,6-7H2,1-5H3,(H,20,25)(H,21,22,23). The molecule has 1 aromatic heterocycles. The lowest BCUT2D eigenvalue weighted by Crippen LogP contribution is -2.31. The van der Waals surface area contributed by atoms with Gasteiger partial charge in [0.25, 0.3) is 5.91 Å². The van der Waals surface area contributed by atoms with Crippen molar-refractivity contribution in [2.45, 2.75) is 40.7 Å². The fourth-order valence-electron chi connectivity index (χ4n) is 2.58. The molecule has 2 rings (SSSR count). The van der Waals surface area contributed by atoms with E-state index < -0.39 is 0 Å². The average molecular weight is 341 g/mol. The number of amides is 1. The summed E-state index contributed by atoms with van der Waals surface area (Å²) in [6.07, 6.45) is 0. The summed E-state index contributed by atoms with van der Waals surface area (Å²) in [5.74, 6) is 0.969. The fourth-order valence-corrected chi connectivity index (χ4v) is 2.58. The van der Waals surface area contributed by atoms with Gasteiger partial charge in [-0.25, -0.2) is 9.97 Å². The Labute approximate surface area is 149 Å². The third-order valence-corrected chi connectivity index (χ3v) is 3.76. The Hall–Kier alpha value is -2.63. The highest BCUT2D eigenvalue weighted by Gasteiger charge is 2.11. The van der Waals surface area contributed by atoms with Gasteiger partial charge in [0.2, 0.25) is 0 Å². The summed E-state index contributed by atoms with van der Waals surface area (Å²) in [6.45, 7) is 11.9. The second-order valence-electron chi connectivity index (χ2n) is 6.16. The Bertz CT molecular complexity index is 708. The van der Waals surface area contributed by atoms with Gasteiger partial charge in [-0.05, 0) is 58.9 Å². The highest BCUT2D eigenvalue weighted by Crippen LogP contribution is 2.20. The molecule has 0 aliphatic heterocycles. The minimum absolute atomic E-state index is 0.0619. The molecular weight excluding hydrogens is 314 g/mol. The van der Waals surface area contributed by atoms with Crippen LogP contribution in [0.15, 0.2) is 30.3 Å². The first-order valence-electron chi connectivity index (χ1n) is 8.71. The van der Waals surface area contributed by atoms with Gasteiger partial charge in [0, 0.05) is 36.6 Å². The summed E-state index contributed by atoms with van der Waals surface area (Å²) in [7, 11) is 0. The molecule has 0 aliphatic carbocycles. The van der Waals surface area contributed by atoms with Crippen LogP contribution >= 0.6 is 0 Å². The fraction of sp³-hybridized carbons (Fsp3) is 0.421. The first kappa shape index (κ1) is 18.7. The molecule has 0 saturated carbocycles. The number of hydrogen-bond donors (Lipinski definition) is 2. The molecule has 1 amide bonds. The molecule has 0 radical (unpaired) electrons. The van der Waals surface area contributed by atoms with Gasteiger partial charge < -0.3 is 15.5 Å². The Morgan fingerprint density at radius 1 is 1.12 bits per heavy atom. The minimum atomic E-state index is -0.194. The molecule has 0 saturated heterocycles. The molecule has 0 bridgehead atoms. The Morgan fingerprint density at radius 3 is 2.32 bits per heavy atom. The number of aromatic nitrogens is 2. The molecule has 0 spiro atoms. The Morgan fingerprint density at radius 2 is 1.76 bits per heavy atom. The number of rotatable bonds is 7. The van der Waals surface area contributed by atoms with Crippen molar-refractivity contribution in [3.05, 3.63) is 41.9 Å². The van der Waals surface area contributed by atoms with Crippen molar-refractivity contribution < 1.29 is 4.79 Å². The van der Waals surface area contributed by atoms with Crippen LogP contribution in [0.4, 0.5) is 17.2 Å². The van der Waals surface area contributed by atoms with Gasteiger partial charge in [0.15, 0.2) is 0 Å². The predicted octanol–water partition coefficient (Wildman–Crippen LogP) is 3.51. The molecule has 134 valence electrons. The van der Waals surface area contributed by atoms with E-state index in [-0.39, 0.29) is 11.9 Å². The van der Waals surface area contributed by atoms with E-state index in [4.69, 9.17) is 0 Å². The molecule has 25 heavy (non-hydrogen) atoms. The Balaban J connectivity index is 2.17. The number of anilines is 3. The van der Waals surface area contributed by atoms with Gasteiger partial charge in [0.1, 0.15) is 17.3 Å². The van der Waals surface area contributed by atoms with Crippen molar-refractivity contribution in [2.24, 2.45) is 0 Å². The van der Waals surface area contributed by atoms with Crippen molar-refractivity contribution in [3.8, 4) is 0 Å². The van der Waals surface area contributed by atoms with Crippen LogP contribution in [0.1, 0.15) is 44.0 Å². The molecule has 2 N–H and O–H groups in total. The number of nitrogens with zero attached hydrogens (tertiary/aromatic N) is 3. The molecule has 0 atom stereocenters. The van der Waals surface area contributed by atoms with Crippen LogP contribution in [0.2, 0.25) is 0 Å². The molecule has 1 aromatic carbocycles. The summed E-state index contributed by atoms with van der Waals surface area (Å²) in [5.41, 5.74) is 2.47. The molecule has 6 heteroatoms. The number of nitrogens with one attached hydrogen (secondary N) is 2. The van der Waals surface area contributed by atoms with E-state index in [0.717, 1.165) is 18.8 Å². The van der Waals surface area contributed by atoms with Crippen molar-refractivity contribution in [1.29, 1.82) is 0 Å².